The van der Waals surface area contributed by atoms with E-state index in [1.54, 1.807) is 6.07 Å². The van der Waals surface area contributed by atoms with Gasteiger partial charge in [0.25, 0.3) is 0 Å². The number of anilines is 1. The van der Waals surface area contributed by atoms with Crippen molar-refractivity contribution < 1.29 is 4.79 Å². The number of aryl methyl sites for hydroxylation is 1. The van der Waals surface area contributed by atoms with Gasteiger partial charge in [0.15, 0.2) is 0 Å². The minimum absolute atomic E-state index is 0. The minimum Gasteiger partial charge on any atom is -0.330 e. The molecule has 0 fully saturated rings. The van der Waals surface area contributed by atoms with Crippen molar-refractivity contribution in [1.82, 2.24) is 4.98 Å². The Balaban J connectivity index is 0.00000196. The molecule has 15 heavy (non-hydrogen) atoms. The minimum atomic E-state index is -0.0967. The Kier molecular flexibility index (Phi) is 6.78. The number of halogens is 2. The van der Waals surface area contributed by atoms with Gasteiger partial charge in [0.2, 0.25) is 5.91 Å². The lowest BCUT2D eigenvalue weighted by atomic mass is 10.3. The number of hydrogen-bond donors (Lipinski definition) is 2. The van der Waals surface area contributed by atoms with Gasteiger partial charge in [0, 0.05) is 16.5 Å². The van der Waals surface area contributed by atoms with Gasteiger partial charge in [-0.05, 0) is 41.6 Å². The number of carbonyl (C=O) groups is 1. The van der Waals surface area contributed by atoms with Crippen LogP contribution >= 0.6 is 35.0 Å². The third kappa shape index (κ3) is 4.76. The van der Waals surface area contributed by atoms with Crippen molar-refractivity contribution in [1.29, 1.82) is 0 Å². The van der Waals surface area contributed by atoms with Gasteiger partial charge in [0.1, 0.15) is 5.82 Å². The fraction of sp³-hybridized carbons (Fsp3) is 0.333. The van der Waals surface area contributed by atoms with Crippen LogP contribution in [0.2, 0.25) is 0 Å². The normalized spacial score (nSPS) is 9.27. The standard InChI is InChI=1S/C9H12IN3O.ClH/c1-6-7(10)2-3-8(12-6)13-9(14)4-5-11;/h2-3H,4-5,11H2,1H3,(H,12,13,14);1H. The van der Waals surface area contributed by atoms with Crippen LogP contribution < -0.4 is 11.1 Å². The molecule has 0 aliphatic rings. The summed E-state index contributed by atoms with van der Waals surface area (Å²) in [7, 11) is 0. The van der Waals surface area contributed by atoms with Crippen molar-refractivity contribution in [3.63, 3.8) is 0 Å². The summed E-state index contributed by atoms with van der Waals surface area (Å²) in [6.07, 6.45) is 0.326. The number of pyridine rings is 1. The van der Waals surface area contributed by atoms with Crippen molar-refractivity contribution in [2.75, 3.05) is 11.9 Å². The van der Waals surface area contributed by atoms with Gasteiger partial charge in [0.05, 0.1) is 5.69 Å². The number of rotatable bonds is 3. The summed E-state index contributed by atoms with van der Waals surface area (Å²) in [5, 5.41) is 2.68. The van der Waals surface area contributed by atoms with Gasteiger partial charge >= 0.3 is 0 Å². The third-order valence-electron chi connectivity index (χ3n) is 1.66. The van der Waals surface area contributed by atoms with Crippen molar-refractivity contribution in [3.05, 3.63) is 21.4 Å². The van der Waals surface area contributed by atoms with Gasteiger partial charge in [-0.2, -0.15) is 0 Å². The molecule has 0 aliphatic carbocycles. The monoisotopic (exact) mass is 341 g/mol. The first kappa shape index (κ1) is 14.6. The zero-order valence-corrected chi connectivity index (χ0v) is 11.3. The molecule has 0 atom stereocenters. The van der Waals surface area contributed by atoms with E-state index in [1.807, 2.05) is 13.0 Å². The Morgan fingerprint density at radius 1 is 1.60 bits per heavy atom. The van der Waals surface area contributed by atoms with Crippen LogP contribution in [0.3, 0.4) is 0 Å². The lowest BCUT2D eigenvalue weighted by Crippen LogP contribution is -2.17. The molecule has 0 radical (unpaired) electrons. The molecule has 0 spiro atoms. The molecular weight excluding hydrogens is 328 g/mol. The third-order valence-corrected chi connectivity index (χ3v) is 2.80. The van der Waals surface area contributed by atoms with Gasteiger partial charge in [-0.15, -0.1) is 12.4 Å². The van der Waals surface area contributed by atoms with Crippen LogP contribution in [0.5, 0.6) is 0 Å². The molecule has 0 saturated carbocycles. The summed E-state index contributed by atoms with van der Waals surface area (Å²) in [6.45, 7) is 2.26. The Labute approximate surface area is 109 Å². The predicted molar refractivity (Wildman–Crippen MR) is 71.2 cm³/mol. The van der Waals surface area contributed by atoms with Crippen LogP contribution in [0.25, 0.3) is 0 Å². The van der Waals surface area contributed by atoms with Crippen LogP contribution in [0, 0.1) is 10.5 Å². The number of nitrogens with one attached hydrogen (secondary N) is 1. The molecule has 1 aromatic heterocycles. The SMILES string of the molecule is Cc1nc(NC(=O)CCN)ccc1I.Cl. The van der Waals surface area contributed by atoms with Crippen molar-refractivity contribution in [2.24, 2.45) is 5.73 Å². The second-order valence-corrected chi connectivity index (χ2v) is 4.01. The smallest absolute Gasteiger partial charge is 0.226 e. The van der Waals surface area contributed by atoms with E-state index in [9.17, 15) is 4.79 Å². The van der Waals surface area contributed by atoms with E-state index in [4.69, 9.17) is 5.73 Å². The largest absolute Gasteiger partial charge is 0.330 e. The topological polar surface area (TPSA) is 68.0 Å². The van der Waals surface area contributed by atoms with Crippen LogP contribution in [-0.4, -0.2) is 17.4 Å². The number of carbonyl (C=O) groups excluding carboxylic acids is 1. The summed E-state index contributed by atoms with van der Waals surface area (Å²) in [5.74, 6) is 0.488. The molecule has 0 bridgehead atoms. The first-order chi connectivity index (χ1) is 6.63. The van der Waals surface area contributed by atoms with E-state index < -0.39 is 0 Å². The van der Waals surface area contributed by atoms with E-state index in [0.29, 0.717) is 18.8 Å². The highest BCUT2D eigenvalue weighted by atomic mass is 127. The lowest BCUT2D eigenvalue weighted by Gasteiger charge is -2.04. The number of amides is 1. The molecule has 0 saturated heterocycles. The molecule has 1 aromatic rings. The Morgan fingerprint density at radius 2 is 2.27 bits per heavy atom. The number of hydrogen-bond acceptors (Lipinski definition) is 3. The molecule has 84 valence electrons. The maximum absolute atomic E-state index is 11.2. The van der Waals surface area contributed by atoms with Crippen molar-refractivity contribution >= 4 is 46.7 Å². The lowest BCUT2D eigenvalue weighted by molar-refractivity contribution is -0.116. The van der Waals surface area contributed by atoms with Crippen molar-refractivity contribution in [2.45, 2.75) is 13.3 Å². The Bertz CT molecular complexity index is 346. The van der Waals surface area contributed by atoms with Gasteiger partial charge in [-0.1, -0.05) is 0 Å². The molecule has 4 nitrogen and oxygen atoms in total. The van der Waals surface area contributed by atoms with Gasteiger partial charge in [-0.3, -0.25) is 4.79 Å². The first-order valence-corrected chi connectivity index (χ1v) is 5.34. The molecule has 3 N–H and O–H groups in total. The number of nitrogens with two attached hydrogens (primary N) is 1. The van der Waals surface area contributed by atoms with Gasteiger partial charge in [-0.25, -0.2) is 4.98 Å². The maximum Gasteiger partial charge on any atom is 0.226 e. The van der Waals surface area contributed by atoms with E-state index in [-0.39, 0.29) is 18.3 Å². The van der Waals surface area contributed by atoms with Crippen molar-refractivity contribution in [3.8, 4) is 0 Å². The molecule has 6 heteroatoms. The van der Waals surface area contributed by atoms with E-state index >= 15 is 0 Å². The maximum atomic E-state index is 11.2. The van der Waals surface area contributed by atoms with E-state index in [1.165, 1.54) is 0 Å². The zero-order chi connectivity index (χ0) is 10.6. The van der Waals surface area contributed by atoms with Crippen LogP contribution in [0.4, 0.5) is 5.82 Å². The highest BCUT2D eigenvalue weighted by Crippen LogP contribution is 2.12. The highest BCUT2D eigenvalue weighted by molar-refractivity contribution is 14.1. The second kappa shape index (κ2) is 6.97. The quantitative estimate of drug-likeness (QED) is 0.822. The summed E-state index contributed by atoms with van der Waals surface area (Å²) < 4.78 is 1.08. The molecule has 1 amide bonds. The molecule has 1 rings (SSSR count). The first-order valence-electron chi connectivity index (χ1n) is 4.26. The van der Waals surface area contributed by atoms with Gasteiger partial charge < -0.3 is 11.1 Å². The van der Waals surface area contributed by atoms with Crippen LogP contribution in [0.15, 0.2) is 12.1 Å². The van der Waals surface area contributed by atoms with Crippen LogP contribution in [-0.2, 0) is 4.79 Å². The molecular formula is C9H13ClIN3O. The highest BCUT2D eigenvalue weighted by Gasteiger charge is 2.03. The average molecular weight is 342 g/mol. The second-order valence-electron chi connectivity index (χ2n) is 2.85. The molecule has 0 unspecified atom stereocenters. The zero-order valence-electron chi connectivity index (χ0n) is 8.29. The fourth-order valence-electron chi connectivity index (χ4n) is 0.950. The Morgan fingerprint density at radius 3 is 2.80 bits per heavy atom. The Hall–Kier alpha value is -0.400. The summed E-state index contributed by atoms with van der Waals surface area (Å²) in [4.78, 5) is 15.4. The molecule has 1 heterocycles. The summed E-state index contributed by atoms with van der Waals surface area (Å²) >= 11 is 2.20. The predicted octanol–water partition coefficient (Wildman–Crippen LogP) is 1.70. The average Bonchev–Trinajstić information content (AvgIpc) is 2.12. The number of aromatic nitrogens is 1. The summed E-state index contributed by atoms with van der Waals surface area (Å²) in [6, 6.07) is 3.70. The van der Waals surface area contributed by atoms with E-state index in [2.05, 4.69) is 32.9 Å². The fourth-order valence-corrected chi connectivity index (χ4v) is 1.25. The summed E-state index contributed by atoms with van der Waals surface area (Å²) in [5.41, 5.74) is 6.17. The van der Waals surface area contributed by atoms with Crippen LogP contribution in [0.1, 0.15) is 12.1 Å². The van der Waals surface area contributed by atoms with E-state index in [0.717, 1.165) is 9.26 Å². The molecule has 0 aromatic carbocycles. The molecule has 0 aliphatic heterocycles. The number of nitrogens with zero attached hydrogens (tertiary/aromatic N) is 1.